The number of benzene rings is 2. The second-order valence-electron chi connectivity index (χ2n) is 6.53. The zero-order valence-corrected chi connectivity index (χ0v) is 14.0. The van der Waals surface area contributed by atoms with Gasteiger partial charge in [0.2, 0.25) is 0 Å². The maximum Gasteiger partial charge on any atom is -0.00349 e. The van der Waals surface area contributed by atoms with Crippen LogP contribution in [0.25, 0.3) is 5.57 Å². The Morgan fingerprint density at radius 1 is 0.909 bits per heavy atom. The van der Waals surface area contributed by atoms with Crippen LogP contribution in [0.2, 0.25) is 0 Å². The van der Waals surface area contributed by atoms with Crippen molar-refractivity contribution in [2.24, 2.45) is 0 Å². The molecule has 0 fully saturated rings. The zero-order chi connectivity index (χ0) is 15.8. The van der Waals surface area contributed by atoms with Gasteiger partial charge in [-0.1, -0.05) is 100 Å². The number of hydrogen-bond donors (Lipinski definition) is 0. The fourth-order valence-electron chi connectivity index (χ4n) is 3.19. The van der Waals surface area contributed by atoms with Gasteiger partial charge < -0.3 is 0 Å². The van der Waals surface area contributed by atoms with Gasteiger partial charge >= 0.3 is 0 Å². The molecule has 1 atom stereocenters. The summed E-state index contributed by atoms with van der Waals surface area (Å²) in [6.07, 6.45) is 6.09. The summed E-state index contributed by atoms with van der Waals surface area (Å²) in [5.41, 5.74) is 4.11. The first-order chi connectivity index (χ1) is 10.7. The van der Waals surface area contributed by atoms with E-state index in [9.17, 15) is 0 Å². The van der Waals surface area contributed by atoms with Crippen molar-refractivity contribution in [1.82, 2.24) is 0 Å². The molecular formula is C22H28. The largest absolute Gasteiger partial charge is 0.0952 e. The molecule has 0 nitrogen and oxygen atoms in total. The van der Waals surface area contributed by atoms with Crippen molar-refractivity contribution in [2.45, 2.75) is 51.4 Å². The highest BCUT2D eigenvalue weighted by Gasteiger charge is 2.27. The topological polar surface area (TPSA) is 0 Å². The molecule has 0 saturated heterocycles. The molecule has 0 aromatic heterocycles. The van der Waals surface area contributed by atoms with Crippen molar-refractivity contribution in [2.75, 3.05) is 0 Å². The van der Waals surface area contributed by atoms with Crippen molar-refractivity contribution in [1.29, 1.82) is 0 Å². The van der Waals surface area contributed by atoms with Crippen LogP contribution in [0.1, 0.15) is 57.1 Å². The zero-order valence-electron chi connectivity index (χ0n) is 14.0. The highest BCUT2D eigenvalue weighted by Crippen LogP contribution is 2.38. The highest BCUT2D eigenvalue weighted by molar-refractivity contribution is 5.64. The van der Waals surface area contributed by atoms with Gasteiger partial charge in [0.1, 0.15) is 0 Å². The lowest BCUT2D eigenvalue weighted by atomic mass is 9.73. The Labute approximate surface area is 135 Å². The van der Waals surface area contributed by atoms with Gasteiger partial charge in [-0.3, -0.25) is 0 Å². The van der Waals surface area contributed by atoms with Crippen LogP contribution in [-0.2, 0) is 5.41 Å². The molecule has 22 heavy (non-hydrogen) atoms. The van der Waals surface area contributed by atoms with Crippen molar-refractivity contribution < 1.29 is 0 Å². The highest BCUT2D eigenvalue weighted by atomic mass is 14.3. The van der Waals surface area contributed by atoms with Crippen LogP contribution in [0.4, 0.5) is 0 Å². The van der Waals surface area contributed by atoms with E-state index in [0.717, 1.165) is 6.42 Å². The van der Waals surface area contributed by atoms with E-state index in [1.165, 1.54) is 42.4 Å². The maximum absolute atomic E-state index is 4.36. The first-order valence-electron chi connectivity index (χ1n) is 8.44. The molecule has 1 unspecified atom stereocenters. The van der Waals surface area contributed by atoms with Crippen molar-refractivity contribution >= 4 is 5.57 Å². The Kier molecular flexibility index (Phi) is 6.00. The number of hydrogen-bond acceptors (Lipinski definition) is 0. The number of allylic oxidation sites excluding steroid dienone is 1. The summed E-state index contributed by atoms with van der Waals surface area (Å²) in [4.78, 5) is 0. The van der Waals surface area contributed by atoms with E-state index >= 15 is 0 Å². The third-order valence-electron chi connectivity index (χ3n) is 4.59. The molecule has 0 amide bonds. The third kappa shape index (κ3) is 4.34. The molecule has 0 aliphatic heterocycles. The fraction of sp³-hybridized carbons (Fsp3) is 0.364. The quantitative estimate of drug-likeness (QED) is 0.479. The standard InChI is InChI=1S/C22H28/c1-4-5-12-17-22(3,21-15-10-7-11-16-21)18-19(2)20-13-8-6-9-14-20/h6-11,13-16H,2,4-5,12,17-18H2,1,3H3. The van der Waals surface area contributed by atoms with Crippen molar-refractivity contribution in [3.8, 4) is 0 Å². The van der Waals surface area contributed by atoms with Gasteiger partial charge in [0.15, 0.2) is 0 Å². The van der Waals surface area contributed by atoms with Crippen LogP contribution in [0, 0.1) is 0 Å². The lowest BCUT2D eigenvalue weighted by Gasteiger charge is -2.31. The van der Waals surface area contributed by atoms with Gasteiger partial charge in [-0.05, 0) is 35.0 Å². The third-order valence-corrected chi connectivity index (χ3v) is 4.59. The predicted octanol–water partition coefficient (Wildman–Crippen LogP) is 6.63. The van der Waals surface area contributed by atoms with E-state index in [1.807, 2.05) is 0 Å². The Hall–Kier alpha value is -1.82. The molecule has 0 radical (unpaired) electrons. The first-order valence-corrected chi connectivity index (χ1v) is 8.44. The molecule has 0 aliphatic carbocycles. The van der Waals surface area contributed by atoms with E-state index in [2.05, 4.69) is 81.1 Å². The van der Waals surface area contributed by atoms with Crippen molar-refractivity contribution in [3.63, 3.8) is 0 Å². The molecule has 0 heteroatoms. The van der Waals surface area contributed by atoms with Crippen LogP contribution in [0.15, 0.2) is 67.2 Å². The minimum atomic E-state index is 0.170. The summed E-state index contributed by atoms with van der Waals surface area (Å²) in [6.45, 7) is 9.03. The average Bonchev–Trinajstić information content (AvgIpc) is 2.57. The summed E-state index contributed by atoms with van der Waals surface area (Å²) in [7, 11) is 0. The van der Waals surface area contributed by atoms with Gasteiger partial charge in [-0.25, -0.2) is 0 Å². The van der Waals surface area contributed by atoms with E-state index in [-0.39, 0.29) is 5.41 Å². The summed E-state index contributed by atoms with van der Waals surface area (Å²) >= 11 is 0. The average molecular weight is 292 g/mol. The monoisotopic (exact) mass is 292 g/mol. The summed E-state index contributed by atoms with van der Waals surface area (Å²) in [5, 5.41) is 0. The number of unbranched alkanes of at least 4 members (excludes halogenated alkanes) is 2. The Morgan fingerprint density at radius 2 is 1.50 bits per heavy atom. The molecule has 0 bridgehead atoms. The van der Waals surface area contributed by atoms with Gasteiger partial charge in [0.25, 0.3) is 0 Å². The van der Waals surface area contributed by atoms with Gasteiger partial charge in [0, 0.05) is 0 Å². The Morgan fingerprint density at radius 3 is 2.09 bits per heavy atom. The summed E-state index contributed by atoms with van der Waals surface area (Å²) < 4.78 is 0. The normalized spacial score (nSPS) is 13.5. The van der Waals surface area contributed by atoms with Gasteiger partial charge in [-0.2, -0.15) is 0 Å². The minimum Gasteiger partial charge on any atom is -0.0952 e. The molecule has 0 N–H and O–H groups in total. The van der Waals surface area contributed by atoms with E-state index in [4.69, 9.17) is 0 Å². The lowest BCUT2D eigenvalue weighted by molar-refractivity contribution is 0.420. The molecule has 2 rings (SSSR count). The second-order valence-corrected chi connectivity index (χ2v) is 6.53. The van der Waals surface area contributed by atoms with Crippen molar-refractivity contribution in [3.05, 3.63) is 78.4 Å². The van der Waals surface area contributed by atoms with E-state index in [1.54, 1.807) is 0 Å². The van der Waals surface area contributed by atoms with Crippen LogP contribution < -0.4 is 0 Å². The van der Waals surface area contributed by atoms with Gasteiger partial charge in [-0.15, -0.1) is 0 Å². The van der Waals surface area contributed by atoms with Crippen LogP contribution in [0.5, 0.6) is 0 Å². The van der Waals surface area contributed by atoms with Crippen LogP contribution in [0.3, 0.4) is 0 Å². The fourth-order valence-corrected chi connectivity index (χ4v) is 3.19. The molecule has 0 heterocycles. The first kappa shape index (κ1) is 16.5. The predicted molar refractivity (Wildman–Crippen MR) is 98.0 cm³/mol. The Bertz CT molecular complexity index is 568. The maximum atomic E-state index is 4.36. The van der Waals surface area contributed by atoms with Crippen LogP contribution >= 0.6 is 0 Å². The summed E-state index contributed by atoms with van der Waals surface area (Å²) in [5.74, 6) is 0. The second kappa shape index (κ2) is 7.98. The molecule has 0 spiro atoms. The summed E-state index contributed by atoms with van der Waals surface area (Å²) in [6, 6.07) is 21.5. The minimum absolute atomic E-state index is 0.170. The smallest absolute Gasteiger partial charge is 0.00349 e. The van der Waals surface area contributed by atoms with E-state index in [0.29, 0.717) is 0 Å². The lowest BCUT2D eigenvalue weighted by Crippen LogP contribution is -2.22. The molecular weight excluding hydrogens is 264 g/mol. The SMILES string of the molecule is C=C(CC(C)(CCCCC)c1ccccc1)c1ccccc1. The Balaban J connectivity index is 2.19. The van der Waals surface area contributed by atoms with Gasteiger partial charge in [0.05, 0.1) is 0 Å². The molecule has 2 aromatic rings. The molecule has 0 saturated carbocycles. The molecule has 2 aromatic carbocycles. The number of rotatable bonds is 8. The van der Waals surface area contributed by atoms with E-state index < -0.39 is 0 Å². The molecule has 0 aliphatic rings. The van der Waals surface area contributed by atoms with Crippen LogP contribution in [-0.4, -0.2) is 0 Å². The molecule has 116 valence electrons.